The topological polar surface area (TPSA) is 24.5 Å². The first-order valence-corrected chi connectivity index (χ1v) is 9.37. The largest absolute Gasteiger partial charge is 0.451 e. The summed E-state index contributed by atoms with van der Waals surface area (Å²) in [7, 11) is 0. The Balaban J connectivity index is 1.52. The first-order valence-electron chi connectivity index (χ1n) is 9.37. The SMILES string of the molecule is C1=CCC(N2C3=C(Oc4ccccc42)C(Nc2ccccc2)=CC3)CC1. The van der Waals surface area contributed by atoms with Crippen molar-refractivity contribution in [1.82, 2.24) is 0 Å². The number of fused-ring (bicyclic) bond motifs is 1. The van der Waals surface area contributed by atoms with Gasteiger partial charge >= 0.3 is 0 Å². The molecule has 3 aliphatic rings. The molecule has 26 heavy (non-hydrogen) atoms. The highest BCUT2D eigenvalue weighted by Crippen LogP contribution is 2.45. The van der Waals surface area contributed by atoms with E-state index in [1.54, 1.807) is 0 Å². The van der Waals surface area contributed by atoms with Crippen molar-refractivity contribution in [2.75, 3.05) is 10.2 Å². The van der Waals surface area contributed by atoms with Crippen LogP contribution < -0.4 is 15.0 Å². The normalized spacial score (nSPS) is 21.0. The van der Waals surface area contributed by atoms with E-state index in [0.29, 0.717) is 6.04 Å². The van der Waals surface area contributed by atoms with Crippen LogP contribution in [0.2, 0.25) is 0 Å². The third kappa shape index (κ3) is 2.60. The van der Waals surface area contributed by atoms with Crippen LogP contribution in [0.3, 0.4) is 0 Å². The second-order valence-corrected chi connectivity index (χ2v) is 6.97. The van der Waals surface area contributed by atoms with E-state index in [9.17, 15) is 0 Å². The molecular formula is C23H22N2O. The third-order valence-corrected chi connectivity index (χ3v) is 5.29. The Morgan fingerprint density at radius 2 is 1.81 bits per heavy atom. The van der Waals surface area contributed by atoms with Crippen molar-refractivity contribution in [2.45, 2.75) is 31.7 Å². The summed E-state index contributed by atoms with van der Waals surface area (Å²) in [6, 6.07) is 19.2. The Kier molecular flexibility index (Phi) is 3.78. The minimum Gasteiger partial charge on any atom is -0.451 e. The number of ether oxygens (including phenoxy) is 1. The van der Waals surface area contributed by atoms with Gasteiger partial charge in [0, 0.05) is 18.2 Å². The van der Waals surface area contributed by atoms with E-state index in [0.717, 1.165) is 42.2 Å². The fourth-order valence-corrected chi connectivity index (χ4v) is 4.07. The molecule has 2 aromatic carbocycles. The van der Waals surface area contributed by atoms with Crippen LogP contribution in [0, 0.1) is 0 Å². The van der Waals surface area contributed by atoms with Gasteiger partial charge < -0.3 is 15.0 Å². The predicted molar refractivity (Wildman–Crippen MR) is 106 cm³/mol. The number of para-hydroxylation sites is 3. The molecule has 2 aromatic rings. The van der Waals surface area contributed by atoms with Gasteiger partial charge in [0.2, 0.25) is 0 Å². The molecule has 0 saturated carbocycles. The molecule has 1 heterocycles. The van der Waals surface area contributed by atoms with Crippen molar-refractivity contribution >= 4 is 11.4 Å². The lowest BCUT2D eigenvalue weighted by atomic mass is 9.98. The van der Waals surface area contributed by atoms with Gasteiger partial charge in [0.05, 0.1) is 17.1 Å². The van der Waals surface area contributed by atoms with Gasteiger partial charge in [0.1, 0.15) is 0 Å². The standard InChI is InChI=1S/C23H22N2O/c1-3-9-17(10-4-1)24-19-15-16-21-23(19)26-22-14-8-7-13-20(22)25(21)18-11-5-2-6-12-18/h1-5,7-10,13-15,18,24H,6,11-12,16H2. The van der Waals surface area contributed by atoms with Gasteiger partial charge in [-0.1, -0.05) is 48.6 Å². The summed E-state index contributed by atoms with van der Waals surface area (Å²) >= 11 is 0. The van der Waals surface area contributed by atoms with Crippen LogP contribution in [-0.4, -0.2) is 6.04 Å². The second kappa shape index (κ2) is 6.41. The molecule has 3 heteroatoms. The average molecular weight is 342 g/mol. The van der Waals surface area contributed by atoms with E-state index in [2.05, 4.69) is 58.8 Å². The van der Waals surface area contributed by atoms with E-state index in [1.807, 2.05) is 24.3 Å². The van der Waals surface area contributed by atoms with Gasteiger partial charge in [-0.15, -0.1) is 0 Å². The Labute approximate surface area is 154 Å². The summed E-state index contributed by atoms with van der Waals surface area (Å²) in [5, 5.41) is 3.53. The first-order chi connectivity index (χ1) is 12.9. The molecule has 1 aliphatic heterocycles. The fraction of sp³-hybridized carbons (Fsp3) is 0.217. The number of hydrogen-bond acceptors (Lipinski definition) is 3. The van der Waals surface area contributed by atoms with Gasteiger partial charge in [0.25, 0.3) is 0 Å². The molecule has 0 radical (unpaired) electrons. The Morgan fingerprint density at radius 1 is 0.962 bits per heavy atom. The predicted octanol–water partition coefficient (Wildman–Crippen LogP) is 5.61. The van der Waals surface area contributed by atoms with Crippen LogP contribution in [-0.2, 0) is 0 Å². The molecule has 0 saturated heterocycles. The van der Waals surface area contributed by atoms with E-state index < -0.39 is 0 Å². The van der Waals surface area contributed by atoms with Gasteiger partial charge in [0.15, 0.2) is 11.5 Å². The number of hydrogen-bond donors (Lipinski definition) is 1. The molecule has 0 spiro atoms. The third-order valence-electron chi connectivity index (χ3n) is 5.29. The minimum absolute atomic E-state index is 0.500. The summed E-state index contributed by atoms with van der Waals surface area (Å²) in [5.74, 6) is 1.92. The van der Waals surface area contributed by atoms with Crippen molar-refractivity contribution in [3.63, 3.8) is 0 Å². The lowest BCUT2D eigenvalue weighted by Gasteiger charge is -2.39. The number of benzene rings is 2. The molecule has 0 amide bonds. The van der Waals surface area contributed by atoms with Crippen molar-refractivity contribution in [3.8, 4) is 5.75 Å². The molecule has 0 fully saturated rings. The maximum absolute atomic E-state index is 6.35. The van der Waals surface area contributed by atoms with Crippen LogP contribution in [0.25, 0.3) is 0 Å². The molecule has 3 nitrogen and oxygen atoms in total. The summed E-state index contributed by atoms with van der Waals surface area (Å²) in [4.78, 5) is 2.52. The number of allylic oxidation sites excluding steroid dienone is 2. The average Bonchev–Trinajstić information content (AvgIpc) is 3.10. The Hall–Kier alpha value is -2.94. The maximum atomic E-state index is 6.35. The van der Waals surface area contributed by atoms with Gasteiger partial charge in [-0.3, -0.25) is 0 Å². The van der Waals surface area contributed by atoms with Crippen LogP contribution in [0.15, 0.2) is 90.0 Å². The molecule has 0 bridgehead atoms. The summed E-state index contributed by atoms with van der Waals surface area (Å²) in [6.45, 7) is 0. The van der Waals surface area contributed by atoms with Crippen LogP contribution in [0.4, 0.5) is 11.4 Å². The van der Waals surface area contributed by atoms with Crippen LogP contribution >= 0.6 is 0 Å². The minimum atomic E-state index is 0.500. The van der Waals surface area contributed by atoms with Gasteiger partial charge in [-0.25, -0.2) is 0 Å². The van der Waals surface area contributed by atoms with Crippen molar-refractivity contribution < 1.29 is 4.74 Å². The van der Waals surface area contributed by atoms with Crippen LogP contribution in [0.5, 0.6) is 5.75 Å². The molecule has 0 aromatic heterocycles. The van der Waals surface area contributed by atoms with Crippen molar-refractivity contribution in [3.05, 3.63) is 90.0 Å². The second-order valence-electron chi connectivity index (χ2n) is 6.97. The van der Waals surface area contributed by atoms with Gasteiger partial charge in [-0.2, -0.15) is 0 Å². The Morgan fingerprint density at radius 3 is 2.65 bits per heavy atom. The smallest absolute Gasteiger partial charge is 0.170 e. The summed E-state index contributed by atoms with van der Waals surface area (Å²) < 4.78 is 6.35. The first kappa shape index (κ1) is 15.3. The number of nitrogens with zero attached hydrogens (tertiary/aromatic N) is 1. The van der Waals surface area contributed by atoms with Crippen molar-refractivity contribution in [1.29, 1.82) is 0 Å². The highest BCUT2D eigenvalue weighted by Gasteiger charge is 2.35. The number of anilines is 2. The summed E-state index contributed by atoms with van der Waals surface area (Å²) in [6.07, 6.45) is 11.2. The molecule has 2 aliphatic carbocycles. The Bertz CT molecular complexity index is 911. The molecular weight excluding hydrogens is 320 g/mol. The number of nitrogens with one attached hydrogen (secondary N) is 1. The molecule has 5 rings (SSSR count). The molecule has 1 N–H and O–H groups in total. The monoisotopic (exact) mass is 342 g/mol. The van der Waals surface area contributed by atoms with Gasteiger partial charge in [-0.05, 0) is 43.5 Å². The fourth-order valence-electron chi connectivity index (χ4n) is 4.07. The van der Waals surface area contributed by atoms with E-state index in [1.165, 1.54) is 17.8 Å². The maximum Gasteiger partial charge on any atom is 0.170 e. The molecule has 130 valence electrons. The highest BCUT2D eigenvalue weighted by molar-refractivity contribution is 5.70. The molecule has 1 atom stereocenters. The van der Waals surface area contributed by atoms with E-state index in [4.69, 9.17) is 4.74 Å². The zero-order chi connectivity index (χ0) is 17.3. The zero-order valence-corrected chi connectivity index (χ0v) is 14.7. The zero-order valence-electron chi connectivity index (χ0n) is 14.7. The lowest BCUT2D eigenvalue weighted by Crippen LogP contribution is -2.38. The number of rotatable bonds is 3. The van der Waals surface area contributed by atoms with Crippen molar-refractivity contribution in [2.24, 2.45) is 0 Å². The lowest BCUT2D eigenvalue weighted by molar-refractivity contribution is 0.409. The van der Waals surface area contributed by atoms with E-state index >= 15 is 0 Å². The molecule has 1 unspecified atom stereocenters. The van der Waals surface area contributed by atoms with E-state index in [-0.39, 0.29) is 0 Å². The quantitative estimate of drug-likeness (QED) is 0.734. The van der Waals surface area contributed by atoms with Crippen LogP contribution in [0.1, 0.15) is 25.7 Å². The highest BCUT2D eigenvalue weighted by atomic mass is 16.5. The summed E-state index contributed by atoms with van der Waals surface area (Å²) in [5.41, 5.74) is 4.63.